The summed E-state index contributed by atoms with van der Waals surface area (Å²) in [6, 6.07) is 12.6. The van der Waals surface area contributed by atoms with Crippen molar-refractivity contribution in [1.29, 1.82) is 0 Å². The Balaban J connectivity index is 0.000000233. The first-order valence-corrected chi connectivity index (χ1v) is 12.8. The minimum atomic E-state index is -4.02. The average molecular weight is 475 g/mol. The predicted molar refractivity (Wildman–Crippen MR) is 131 cm³/mol. The number of carbonyl (C=O) groups is 1. The van der Waals surface area contributed by atoms with Crippen LogP contribution in [0.3, 0.4) is 0 Å². The standard InChI is InChI=1S/C18H25N3O.C7H8O3S/c1-19-10-11-21-16-7-9-20(8-2-3-12-22)13-15(16)14-5-4-6-17(19)18(14)21;1-6-2-4-7(5-3-6)11(8,9)10/h4-6,12,15-16H,2-3,7-11,13H2,1H3;2-5H,1H3,(H,8,9,10)/t15-,16-;/m0./s1/i1D3;. The quantitative estimate of drug-likeness (QED) is 0.404. The lowest BCUT2D eigenvalue weighted by Crippen LogP contribution is -2.49. The number of fused-ring (bicyclic) bond motifs is 3. The number of aryl methyl sites for hydroxylation is 1. The number of anilines is 2. The summed E-state index contributed by atoms with van der Waals surface area (Å²) in [5.74, 6) is 0.441. The van der Waals surface area contributed by atoms with Crippen LogP contribution < -0.4 is 9.80 Å². The van der Waals surface area contributed by atoms with Crippen molar-refractivity contribution in [3.63, 3.8) is 0 Å². The molecule has 3 aliphatic rings. The number of para-hydroxylation sites is 1. The first kappa shape index (κ1) is 20.0. The third-order valence-corrected chi connectivity index (χ3v) is 7.63. The van der Waals surface area contributed by atoms with Crippen LogP contribution in [0.25, 0.3) is 0 Å². The van der Waals surface area contributed by atoms with E-state index >= 15 is 0 Å². The van der Waals surface area contributed by atoms with E-state index in [9.17, 15) is 13.2 Å². The van der Waals surface area contributed by atoms with E-state index in [1.807, 2.05) is 19.1 Å². The smallest absolute Gasteiger partial charge is 0.294 e. The van der Waals surface area contributed by atoms with E-state index in [1.165, 1.54) is 17.7 Å². The fourth-order valence-corrected chi connectivity index (χ4v) is 5.63. The molecule has 5 rings (SSSR count). The van der Waals surface area contributed by atoms with Crippen LogP contribution in [0.5, 0.6) is 0 Å². The van der Waals surface area contributed by atoms with E-state index in [1.54, 1.807) is 17.0 Å². The van der Waals surface area contributed by atoms with Gasteiger partial charge in [-0.1, -0.05) is 29.8 Å². The Morgan fingerprint density at radius 3 is 2.64 bits per heavy atom. The average Bonchev–Trinajstić information content (AvgIpc) is 3.14. The molecule has 0 radical (unpaired) electrons. The molecule has 1 fully saturated rings. The van der Waals surface area contributed by atoms with Crippen LogP contribution in [-0.2, 0) is 14.9 Å². The second-order valence-electron chi connectivity index (χ2n) is 8.92. The van der Waals surface area contributed by atoms with Crippen molar-refractivity contribution in [2.75, 3.05) is 49.5 Å². The maximum atomic E-state index is 10.6. The van der Waals surface area contributed by atoms with Gasteiger partial charge in [-0.2, -0.15) is 8.42 Å². The monoisotopic (exact) mass is 474 g/mol. The van der Waals surface area contributed by atoms with Gasteiger partial charge in [0.05, 0.1) is 16.3 Å². The molecule has 7 nitrogen and oxygen atoms in total. The van der Waals surface area contributed by atoms with Gasteiger partial charge in [0.1, 0.15) is 6.29 Å². The van der Waals surface area contributed by atoms with Crippen LogP contribution in [0.15, 0.2) is 47.4 Å². The molecule has 0 amide bonds. The van der Waals surface area contributed by atoms with Gasteiger partial charge in [-0.25, -0.2) is 0 Å². The Bertz CT molecular complexity index is 1190. The number of unbranched alkanes of at least 4 members (excludes halogenated alkanes) is 1. The molecule has 2 atom stereocenters. The van der Waals surface area contributed by atoms with Crippen molar-refractivity contribution in [2.24, 2.45) is 0 Å². The number of aldehydes is 1. The van der Waals surface area contributed by atoms with Gasteiger partial charge in [0.15, 0.2) is 0 Å². The third kappa shape index (κ3) is 5.08. The fourth-order valence-electron chi connectivity index (χ4n) is 5.15. The fraction of sp³-hybridized carbons (Fsp3) is 0.480. The molecule has 3 heterocycles. The van der Waals surface area contributed by atoms with Crippen molar-refractivity contribution in [3.05, 3.63) is 53.6 Å². The van der Waals surface area contributed by atoms with E-state index in [0.717, 1.165) is 62.2 Å². The largest absolute Gasteiger partial charge is 0.371 e. The van der Waals surface area contributed by atoms with E-state index < -0.39 is 17.1 Å². The highest BCUT2D eigenvalue weighted by Crippen LogP contribution is 2.50. The maximum absolute atomic E-state index is 10.6. The minimum Gasteiger partial charge on any atom is -0.371 e. The molecule has 0 aliphatic carbocycles. The van der Waals surface area contributed by atoms with Crippen molar-refractivity contribution in [3.8, 4) is 0 Å². The molecule has 0 bridgehead atoms. The molecule has 0 aromatic heterocycles. The number of nitrogens with zero attached hydrogens (tertiary/aromatic N) is 3. The number of carbonyl (C=O) groups excluding carboxylic acids is 1. The van der Waals surface area contributed by atoms with Crippen LogP contribution in [0.2, 0.25) is 0 Å². The summed E-state index contributed by atoms with van der Waals surface area (Å²) in [4.78, 5) is 17.0. The van der Waals surface area contributed by atoms with Crippen LogP contribution >= 0.6 is 0 Å². The molecule has 0 spiro atoms. The Hall–Kier alpha value is -2.42. The number of hydrogen-bond donors (Lipinski definition) is 1. The second-order valence-corrected chi connectivity index (χ2v) is 10.3. The van der Waals surface area contributed by atoms with Crippen LogP contribution in [0.1, 0.15) is 40.4 Å². The normalized spacial score (nSPS) is 23.4. The molecule has 3 aliphatic heterocycles. The van der Waals surface area contributed by atoms with Crippen molar-refractivity contribution >= 4 is 27.8 Å². The van der Waals surface area contributed by atoms with Crippen LogP contribution in [0.4, 0.5) is 11.4 Å². The van der Waals surface area contributed by atoms with Gasteiger partial charge in [0, 0.05) is 55.6 Å². The summed E-state index contributed by atoms with van der Waals surface area (Å²) >= 11 is 0. The van der Waals surface area contributed by atoms with E-state index in [-0.39, 0.29) is 4.90 Å². The van der Waals surface area contributed by atoms with Gasteiger partial charge in [0.25, 0.3) is 10.1 Å². The molecule has 8 heteroatoms. The lowest BCUT2D eigenvalue weighted by Gasteiger charge is -2.41. The molecule has 33 heavy (non-hydrogen) atoms. The van der Waals surface area contributed by atoms with Gasteiger partial charge < -0.3 is 19.5 Å². The first-order valence-electron chi connectivity index (χ1n) is 12.9. The zero-order valence-electron chi connectivity index (χ0n) is 21.9. The van der Waals surface area contributed by atoms with Gasteiger partial charge in [-0.15, -0.1) is 0 Å². The second kappa shape index (κ2) is 9.83. The van der Waals surface area contributed by atoms with E-state index in [2.05, 4.69) is 15.9 Å². The van der Waals surface area contributed by atoms with Crippen molar-refractivity contribution in [2.45, 2.75) is 43.0 Å². The maximum Gasteiger partial charge on any atom is 0.294 e. The van der Waals surface area contributed by atoms with Gasteiger partial charge in [-0.3, -0.25) is 4.55 Å². The first-order chi connectivity index (χ1) is 17.0. The Kier molecular flexibility index (Phi) is 5.96. The van der Waals surface area contributed by atoms with Crippen LogP contribution in [0, 0.1) is 6.92 Å². The lowest BCUT2D eigenvalue weighted by atomic mass is 9.89. The van der Waals surface area contributed by atoms with E-state index in [4.69, 9.17) is 8.67 Å². The highest BCUT2D eigenvalue weighted by atomic mass is 32.2. The minimum absolute atomic E-state index is 0.0666. The van der Waals surface area contributed by atoms with Crippen molar-refractivity contribution < 1.29 is 21.9 Å². The van der Waals surface area contributed by atoms with E-state index in [0.29, 0.717) is 24.9 Å². The summed E-state index contributed by atoms with van der Waals surface area (Å²) < 4.78 is 53.1. The highest BCUT2D eigenvalue weighted by Gasteiger charge is 2.44. The summed E-state index contributed by atoms with van der Waals surface area (Å²) in [6.45, 7) is 4.13. The predicted octanol–water partition coefficient (Wildman–Crippen LogP) is 3.34. The van der Waals surface area contributed by atoms with Gasteiger partial charge >= 0.3 is 0 Å². The molecule has 0 unspecified atom stereocenters. The molecule has 2 aromatic carbocycles. The number of hydrogen-bond acceptors (Lipinski definition) is 6. The Labute approximate surface area is 201 Å². The number of likely N-dealkylation sites (N-methyl/N-ethyl adjacent to an activating group) is 1. The SMILES string of the molecule is Cc1ccc(S(=O)(=O)O)cc1.[2H]C([2H])([2H])N1CCN2c3c(cccc31)[C@@H]1CN(CCCC=O)CC[C@@H]12. The number of likely N-dealkylation sites (tertiary alicyclic amines) is 1. The zero-order valence-corrected chi connectivity index (χ0v) is 19.7. The number of rotatable bonds is 5. The number of benzene rings is 2. The topological polar surface area (TPSA) is 81.2 Å². The Morgan fingerprint density at radius 2 is 1.94 bits per heavy atom. The third-order valence-electron chi connectivity index (χ3n) is 6.76. The van der Waals surface area contributed by atoms with Gasteiger partial charge in [-0.05, 0) is 50.1 Å². The van der Waals surface area contributed by atoms with Crippen LogP contribution in [-0.4, -0.2) is 69.9 Å². The lowest BCUT2D eigenvalue weighted by molar-refractivity contribution is -0.108. The summed E-state index contributed by atoms with van der Waals surface area (Å²) in [7, 11) is -4.02. The molecule has 1 saturated heterocycles. The molecule has 2 aromatic rings. The van der Waals surface area contributed by atoms with Crippen molar-refractivity contribution in [1.82, 2.24) is 4.90 Å². The summed E-state index contributed by atoms with van der Waals surface area (Å²) in [5.41, 5.74) is 4.27. The molecule has 1 N–H and O–H groups in total. The summed E-state index contributed by atoms with van der Waals surface area (Å²) in [5, 5.41) is 0. The molecular weight excluding hydrogens is 438 g/mol. The zero-order chi connectivity index (χ0) is 26.1. The highest BCUT2D eigenvalue weighted by molar-refractivity contribution is 7.85. The summed E-state index contributed by atoms with van der Waals surface area (Å²) in [6.07, 6.45) is 3.65. The van der Waals surface area contributed by atoms with Gasteiger partial charge in [0.2, 0.25) is 0 Å². The molecule has 0 saturated carbocycles. The number of piperidine rings is 1. The molecule has 178 valence electrons. The Morgan fingerprint density at radius 1 is 1.15 bits per heavy atom. The molecular formula is C25H33N3O4S.